The molecule has 0 radical (unpaired) electrons. The average molecular weight is 548 g/mol. The third kappa shape index (κ3) is 3.98. The lowest BCUT2D eigenvalue weighted by Crippen LogP contribution is -2.42. The van der Waals surface area contributed by atoms with Crippen LogP contribution in [0.4, 0.5) is 0 Å². The van der Waals surface area contributed by atoms with Crippen LogP contribution < -0.4 is 4.74 Å². The van der Waals surface area contributed by atoms with E-state index in [2.05, 4.69) is 117 Å². The fraction of sp³-hybridized carbons (Fsp3) is 0.158. The topological polar surface area (TPSA) is 39.9 Å². The molecule has 0 N–H and O–H groups in total. The molecule has 1 aliphatic rings. The number of rotatable bonds is 5. The molecule has 0 atom stereocenters. The summed E-state index contributed by atoms with van der Waals surface area (Å²) < 4.78 is 8.51. The maximum atomic E-state index is 6.55. The second-order valence-corrected chi connectivity index (χ2v) is 11.6. The van der Waals surface area contributed by atoms with Gasteiger partial charge in [0.25, 0.3) is 0 Å². The van der Waals surface area contributed by atoms with E-state index in [-0.39, 0.29) is 5.41 Å². The van der Waals surface area contributed by atoms with Gasteiger partial charge in [-0.15, -0.1) is 0 Å². The number of pyridine rings is 1. The molecule has 0 spiro atoms. The van der Waals surface area contributed by atoms with Crippen LogP contribution in [-0.2, 0) is 10.8 Å². The van der Waals surface area contributed by atoms with E-state index in [0.717, 1.165) is 39.8 Å². The van der Waals surface area contributed by atoms with Crippen molar-refractivity contribution in [2.75, 3.05) is 0 Å². The molecule has 0 bridgehead atoms. The maximum absolute atomic E-state index is 6.55. The third-order valence-electron chi connectivity index (χ3n) is 8.63. The van der Waals surface area contributed by atoms with Crippen LogP contribution in [-0.4, -0.2) is 14.8 Å². The molecule has 4 nitrogen and oxygen atoms in total. The van der Waals surface area contributed by atoms with Gasteiger partial charge in [0.2, 0.25) is 0 Å². The standard InChI is InChI=1S/C38H33N3O/c1-26-23-27(2)41(40-26)29-14-12-16-31(25-29)42-30-15-11-13-28(24-30)38(36-21-9-10-22-39-36)34-19-7-5-17-32(34)37(3,4)33-18-6-8-20-35(33)38/h5-25H,1-4H3. The van der Waals surface area contributed by atoms with Crippen molar-refractivity contribution in [1.82, 2.24) is 14.8 Å². The number of hydrogen-bond donors (Lipinski definition) is 0. The maximum Gasteiger partial charge on any atom is 0.129 e. The van der Waals surface area contributed by atoms with Gasteiger partial charge in [-0.25, -0.2) is 4.68 Å². The van der Waals surface area contributed by atoms with Crippen molar-refractivity contribution in [3.63, 3.8) is 0 Å². The van der Waals surface area contributed by atoms with Crippen molar-refractivity contribution >= 4 is 0 Å². The number of fused-ring (bicyclic) bond motifs is 2. The largest absolute Gasteiger partial charge is 0.457 e. The van der Waals surface area contributed by atoms with E-state index in [1.165, 1.54) is 22.3 Å². The molecule has 0 aliphatic heterocycles. The van der Waals surface area contributed by atoms with Crippen molar-refractivity contribution in [3.8, 4) is 17.2 Å². The van der Waals surface area contributed by atoms with E-state index >= 15 is 0 Å². The number of aryl methyl sites for hydroxylation is 2. The van der Waals surface area contributed by atoms with Crippen molar-refractivity contribution in [1.29, 1.82) is 0 Å². The summed E-state index contributed by atoms with van der Waals surface area (Å²) in [6.45, 7) is 8.72. The molecule has 0 saturated carbocycles. The van der Waals surface area contributed by atoms with E-state index in [1.54, 1.807) is 0 Å². The van der Waals surface area contributed by atoms with Gasteiger partial charge in [0.05, 0.1) is 22.5 Å². The molecule has 2 aromatic heterocycles. The zero-order chi connectivity index (χ0) is 28.9. The Kier molecular flexibility index (Phi) is 6.09. The summed E-state index contributed by atoms with van der Waals surface area (Å²) in [4.78, 5) is 5.02. The molecule has 4 heteroatoms. The first-order valence-electron chi connectivity index (χ1n) is 14.4. The lowest BCUT2D eigenvalue weighted by Gasteiger charge is -2.47. The van der Waals surface area contributed by atoms with E-state index in [9.17, 15) is 0 Å². The fourth-order valence-corrected chi connectivity index (χ4v) is 6.82. The second-order valence-electron chi connectivity index (χ2n) is 11.6. The molecular weight excluding hydrogens is 514 g/mol. The highest BCUT2D eigenvalue weighted by Crippen LogP contribution is 2.55. The van der Waals surface area contributed by atoms with Gasteiger partial charge in [-0.3, -0.25) is 4.98 Å². The molecule has 0 unspecified atom stereocenters. The number of benzene rings is 4. The second kappa shape index (κ2) is 9.85. The Morgan fingerprint density at radius 3 is 1.86 bits per heavy atom. The normalized spacial score (nSPS) is 14.6. The zero-order valence-electron chi connectivity index (χ0n) is 24.4. The van der Waals surface area contributed by atoms with Gasteiger partial charge in [-0.2, -0.15) is 5.10 Å². The molecule has 4 aromatic carbocycles. The highest BCUT2D eigenvalue weighted by molar-refractivity contribution is 5.69. The predicted octanol–water partition coefficient (Wildman–Crippen LogP) is 8.70. The summed E-state index contributed by atoms with van der Waals surface area (Å²) >= 11 is 0. The Balaban J connectivity index is 1.42. The summed E-state index contributed by atoms with van der Waals surface area (Å²) in [6.07, 6.45) is 1.90. The Morgan fingerprint density at radius 1 is 0.619 bits per heavy atom. The van der Waals surface area contributed by atoms with Crippen LogP contribution in [0.5, 0.6) is 11.5 Å². The Hall–Kier alpha value is -4.96. The Bertz CT molecular complexity index is 1870. The Morgan fingerprint density at radius 2 is 1.24 bits per heavy atom. The summed E-state index contributed by atoms with van der Waals surface area (Å²) in [7, 11) is 0. The lowest BCUT2D eigenvalue weighted by atomic mass is 9.55. The van der Waals surface area contributed by atoms with Crippen LogP contribution in [0.15, 0.2) is 128 Å². The third-order valence-corrected chi connectivity index (χ3v) is 8.63. The van der Waals surface area contributed by atoms with Crippen LogP contribution in [0.3, 0.4) is 0 Å². The van der Waals surface area contributed by atoms with Crippen molar-refractivity contribution in [2.45, 2.75) is 38.5 Å². The summed E-state index contributed by atoms with van der Waals surface area (Å²) in [5, 5.41) is 4.66. The molecule has 206 valence electrons. The molecular formula is C38H33N3O. The molecule has 0 amide bonds. The number of ether oxygens (including phenoxy) is 1. The SMILES string of the molecule is Cc1cc(C)n(-c2cccc(Oc3cccc(C4(c5ccccn5)c5ccccc5C(C)(C)c5ccccc54)c3)c2)n1. The highest BCUT2D eigenvalue weighted by atomic mass is 16.5. The first kappa shape index (κ1) is 26.0. The molecule has 42 heavy (non-hydrogen) atoms. The van der Waals surface area contributed by atoms with Gasteiger partial charge in [-0.05, 0) is 84.1 Å². The van der Waals surface area contributed by atoms with Crippen LogP contribution in [0, 0.1) is 13.8 Å². The van der Waals surface area contributed by atoms with Crippen LogP contribution >= 0.6 is 0 Å². The number of hydrogen-bond acceptors (Lipinski definition) is 3. The monoisotopic (exact) mass is 547 g/mol. The zero-order valence-corrected chi connectivity index (χ0v) is 24.4. The van der Waals surface area contributed by atoms with E-state index in [0.29, 0.717) is 0 Å². The minimum atomic E-state index is -0.616. The Labute approximate surface area is 247 Å². The molecule has 7 rings (SSSR count). The molecule has 1 aliphatic carbocycles. The fourth-order valence-electron chi connectivity index (χ4n) is 6.82. The smallest absolute Gasteiger partial charge is 0.129 e. The molecule has 0 saturated heterocycles. The van der Waals surface area contributed by atoms with Gasteiger partial charge in [0.1, 0.15) is 11.5 Å². The summed E-state index contributed by atoms with van der Waals surface area (Å²) in [5.41, 5.74) is 9.47. The first-order chi connectivity index (χ1) is 20.4. The van der Waals surface area contributed by atoms with E-state index in [1.807, 2.05) is 48.1 Å². The van der Waals surface area contributed by atoms with Gasteiger partial charge in [0, 0.05) is 23.4 Å². The van der Waals surface area contributed by atoms with E-state index in [4.69, 9.17) is 9.72 Å². The minimum Gasteiger partial charge on any atom is -0.457 e. The quantitative estimate of drug-likeness (QED) is 0.217. The summed E-state index contributed by atoms with van der Waals surface area (Å²) in [6, 6.07) is 42.5. The van der Waals surface area contributed by atoms with Crippen LogP contribution in [0.25, 0.3) is 5.69 Å². The van der Waals surface area contributed by atoms with Gasteiger partial charge in [-0.1, -0.05) is 86.6 Å². The average Bonchev–Trinajstić information content (AvgIpc) is 3.36. The lowest BCUT2D eigenvalue weighted by molar-refractivity contribution is 0.479. The van der Waals surface area contributed by atoms with Gasteiger partial charge >= 0.3 is 0 Å². The van der Waals surface area contributed by atoms with Gasteiger partial charge in [0.15, 0.2) is 0 Å². The minimum absolute atomic E-state index is 0.164. The summed E-state index contributed by atoms with van der Waals surface area (Å²) in [5.74, 6) is 1.53. The predicted molar refractivity (Wildman–Crippen MR) is 168 cm³/mol. The van der Waals surface area contributed by atoms with Crippen molar-refractivity contribution in [3.05, 3.63) is 172 Å². The van der Waals surface area contributed by atoms with E-state index < -0.39 is 5.41 Å². The van der Waals surface area contributed by atoms with Crippen LogP contribution in [0.2, 0.25) is 0 Å². The molecule has 2 heterocycles. The van der Waals surface area contributed by atoms with Crippen LogP contribution in [0.1, 0.15) is 58.7 Å². The van der Waals surface area contributed by atoms with Gasteiger partial charge < -0.3 is 4.74 Å². The molecule has 6 aromatic rings. The highest BCUT2D eigenvalue weighted by Gasteiger charge is 2.49. The molecule has 0 fully saturated rings. The van der Waals surface area contributed by atoms with Crippen molar-refractivity contribution in [2.24, 2.45) is 0 Å². The van der Waals surface area contributed by atoms with Crippen molar-refractivity contribution < 1.29 is 4.74 Å². The first-order valence-corrected chi connectivity index (χ1v) is 14.4. The number of nitrogens with zero attached hydrogens (tertiary/aromatic N) is 3. The number of aromatic nitrogens is 3.